The third-order valence-corrected chi connectivity index (χ3v) is 8.15. The Bertz CT molecular complexity index is 329. The molecule has 1 saturated carbocycles. The highest BCUT2D eigenvalue weighted by molar-refractivity contribution is 8.00. The molecule has 1 aliphatic carbocycles. The molecule has 0 spiro atoms. The molecule has 2 rings (SSSR count). The van der Waals surface area contributed by atoms with Gasteiger partial charge in [0, 0.05) is 6.42 Å². The Kier molecular flexibility index (Phi) is 9.90. The van der Waals surface area contributed by atoms with Crippen LogP contribution in [0.5, 0.6) is 0 Å². The highest BCUT2D eigenvalue weighted by Gasteiger charge is 2.27. The Balaban J connectivity index is 1.51. The molecule has 2 nitrogen and oxygen atoms in total. The van der Waals surface area contributed by atoms with Crippen LogP contribution in [-0.4, -0.2) is 34.1 Å². The van der Waals surface area contributed by atoms with Crippen molar-refractivity contribution in [2.24, 2.45) is 17.8 Å². The number of hydrogen-bond acceptors (Lipinski definition) is 3. The number of carboxylic acids is 1. The van der Waals surface area contributed by atoms with Gasteiger partial charge in [-0.2, -0.15) is 23.5 Å². The van der Waals surface area contributed by atoms with Gasteiger partial charge in [-0.05, 0) is 66.4 Å². The number of carbonyl (C=O) groups is 1. The zero-order valence-corrected chi connectivity index (χ0v) is 16.1. The van der Waals surface area contributed by atoms with Gasteiger partial charge in [0.05, 0.1) is 0 Å². The van der Waals surface area contributed by atoms with Crippen LogP contribution in [0.4, 0.5) is 0 Å². The highest BCUT2D eigenvalue weighted by Crippen LogP contribution is 2.36. The SMILES string of the molecule is O=C(O)CCCCCCC1CSCC1CSCC1CCCCC1. The molecule has 134 valence electrons. The third-order valence-electron chi connectivity index (χ3n) is 5.46. The molecule has 2 unspecified atom stereocenters. The maximum atomic E-state index is 10.5. The topological polar surface area (TPSA) is 37.3 Å². The lowest BCUT2D eigenvalue weighted by Gasteiger charge is -2.23. The third kappa shape index (κ3) is 8.20. The zero-order chi connectivity index (χ0) is 16.3. The van der Waals surface area contributed by atoms with Crippen LogP contribution >= 0.6 is 23.5 Å². The van der Waals surface area contributed by atoms with E-state index in [4.69, 9.17) is 5.11 Å². The Hall–Kier alpha value is 0.170. The van der Waals surface area contributed by atoms with E-state index in [0.29, 0.717) is 6.42 Å². The Morgan fingerprint density at radius 1 is 0.957 bits per heavy atom. The molecule has 4 heteroatoms. The molecule has 0 radical (unpaired) electrons. The number of aliphatic carboxylic acids is 1. The summed E-state index contributed by atoms with van der Waals surface area (Å²) in [6.45, 7) is 0. The Morgan fingerprint density at radius 2 is 1.70 bits per heavy atom. The van der Waals surface area contributed by atoms with Gasteiger partial charge in [-0.1, -0.05) is 38.5 Å². The van der Waals surface area contributed by atoms with E-state index < -0.39 is 5.97 Å². The van der Waals surface area contributed by atoms with Gasteiger partial charge in [0.15, 0.2) is 0 Å². The van der Waals surface area contributed by atoms with Gasteiger partial charge in [-0.25, -0.2) is 0 Å². The number of carboxylic acid groups (broad SMARTS) is 1. The lowest BCUT2D eigenvalue weighted by Crippen LogP contribution is -2.17. The minimum Gasteiger partial charge on any atom is -0.481 e. The fourth-order valence-corrected chi connectivity index (χ4v) is 7.14. The first-order valence-corrected chi connectivity index (χ1v) is 11.9. The van der Waals surface area contributed by atoms with Crippen LogP contribution in [0.1, 0.15) is 70.6 Å². The van der Waals surface area contributed by atoms with Crippen LogP contribution in [0.25, 0.3) is 0 Å². The van der Waals surface area contributed by atoms with E-state index in [9.17, 15) is 4.79 Å². The van der Waals surface area contributed by atoms with Crippen LogP contribution in [0, 0.1) is 17.8 Å². The molecule has 1 aliphatic heterocycles. The normalized spacial score (nSPS) is 25.7. The van der Waals surface area contributed by atoms with E-state index in [1.807, 2.05) is 0 Å². The molecule has 0 aromatic rings. The van der Waals surface area contributed by atoms with Crippen LogP contribution < -0.4 is 0 Å². The second kappa shape index (κ2) is 11.7. The molecular formula is C19H34O2S2. The average Bonchev–Trinajstić information content (AvgIpc) is 2.99. The number of hydrogen-bond donors (Lipinski definition) is 1. The minimum absolute atomic E-state index is 0.347. The first-order valence-electron chi connectivity index (χ1n) is 9.63. The fraction of sp³-hybridized carbons (Fsp3) is 0.947. The van der Waals surface area contributed by atoms with Crippen LogP contribution in [0.15, 0.2) is 0 Å². The van der Waals surface area contributed by atoms with Crippen LogP contribution in [-0.2, 0) is 4.79 Å². The van der Waals surface area contributed by atoms with Crippen molar-refractivity contribution in [3.8, 4) is 0 Å². The second-order valence-electron chi connectivity index (χ2n) is 7.45. The summed E-state index contributed by atoms with van der Waals surface area (Å²) in [5, 5.41) is 8.65. The summed E-state index contributed by atoms with van der Waals surface area (Å²) in [6.07, 6.45) is 13.5. The van der Waals surface area contributed by atoms with E-state index in [1.165, 1.54) is 74.4 Å². The predicted octanol–water partition coefficient (Wildman–Crippen LogP) is 5.70. The quantitative estimate of drug-likeness (QED) is 0.480. The van der Waals surface area contributed by atoms with Crippen LogP contribution in [0.2, 0.25) is 0 Å². The van der Waals surface area contributed by atoms with Crippen molar-refractivity contribution in [3.63, 3.8) is 0 Å². The largest absolute Gasteiger partial charge is 0.481 e. The summed E-state index contributed by atoms with van der Waals surface area (Å²) in [7, 11) is 0. The van der Waals surface area contributed by atoms with Gasteiger partial charge >= 0.3 is 5.97 Å². The average molecular weight is 359 g/mol. The number of thioether (sulfide) groups is 2. The summed E-state index contributed by atoms with van der Waals surface area (Å²) in [5.41, 5.74) is 0. The molecule has 1 N–H and O–H groups in total. The van der Waals surface area contributed by atoms with Crippen molar-refractivity contribution < 1.29 is 9.90 Å². The summed E-state index contributed by atoms with van der Waals surface area (Å²) in [5.74, 6) is 7.76. The molecule has 0 aromatic heterocycles. The van der Waals surface area contributed by atoms with Gasteiger partial charge in [0.25, 0.3) is 0 Å². The molecule has 0 amide bonds. The first kappa shape index (κ1) is 19.5. The van der Waals surface area contributed by atoms with Crippen molar-refractivity contribution >= 4 is 29.5 Å². The van der Waals surface area contributed by atoms with Crippen molar-refractivity contribution in [1.29, 1.82) is 0 Å². The second-order valence-corrected chi connectivity index (χ2v) is 9.60. The van der Waals surface area contributed by atoms with Gasteiger partial charge in [0.2, 0.25) is 0 Å². The highest BCUT2D eigenvalue weighted by atomic mass is 32.2. The maximum absolute atomic E-state index is 10.5. The van der Waals surface area contributed by atoms with E-state index in [2.05, 4.69) is 23.5 Å². The Labute approximate surface area is 150 Å². The fourth-order valence-electron chi connectivity index (χ4n) is 3.92. The first-order chi connectivity index (χ1) is 11.3. The molecule has 1 heterocycles. The van der Waals surface area contributed by atoms with E-state index in [0.717, 1.165) is 30.6 Å². The maximum Gasteiger partial charge on any atom is 0.303 e. The molecule has 1 saturated heterocycles. The van der Waals surface area contributed by atoms with Crippen molar-refractivity contribution in [1.82, 2.24) is 0 Å². The van der Waals surface area contributed by atoms with E-state index in [1.54, 1.807) is 0 Å². The summed E-state index contributed by atoms with van der Waals surface area (Å²) in [4.78, 5) is 10.5. The smallest absolute Gasteiger partial charge is 0.303 e. The van der Waals surface area contributed by atoms with Gasteiger partial charge in [0.1, 0.15) is 0 Å². The molecule has 2 atom stereocenters. The van der Waals surface area contributed by atoms with Crippen molar-refractivity contribution in [3.05, 3.63) is 0 Å². The summed E-state index contributed by atoms with van der Waals surface area (Å²) >= 11 is 4.39. The van der Waals surface area contributed by atoms with Crippen molar-refractivity contribution in [2.75, 3.05) is 23.0 Å². The molecule has 2 aliphatic rings. The van der Waals surface area contributed by atoms with Crippen LogP contribution in [0.3, 0.4) is 0 Å². The lowest BCUT2D eigenvalue weighted by molar-refractivity contribution is -0.137. The Morgan fingerprint density at radius 3 is 2.48 bits per heavy atom. The van der Waals surface area contributed by atoms with Gasteiger partial charge in [-0.3, -0.25) is 4.79 Å². The van der Waals surface area contributed by atoms with Gasteiger partial charge in [-0.15, -0.1) is 0 Å². The lowest BCUT2D eigenvalue weighted by atomic mass is 9.91. The molecular weight excluding hydrogens is 324 g/mol. The zero-order valence-electron chi connectivity index (χ0n) is 14.5. The molecule has 0 bridgehead atoms. The van der Waals surface area contributed by atoms with Crippen molar-refractivity contribution in [2.45, 2.75) is 70.6 Å². The summed E-state index contributed by atoms with van der Waals surface area (Å²) in [6, 6.07) is 0. The number of unbranched alkanes of at least 4 members (excludes halogenated alkanes) is 3. The van der Waals surface area contributed by atoms with Gasteiger partial charge < -0.3 is 5.11 Å². The summed E-state index contributed by atoms with van der Waals surface area (Å²) < 4.78 is 0. The molecule has 23 heavy (non-hydrogen) atoms. The monoisotopic (exact) mass is 358 g/mol. The van der Waals surface area contributed by atoms with E-state index >= 15 is 0 Å². The minimum atomic E-state index is -0.646. The standard InChI is InChI=1S/C19H34O2S2/c20-19(21)11-7-2-1-6-10-17-13-23-15-18(17)14-22-12-16-8-4-3-5-9-16/h16-18H,1-15H2,(H,20,21). The predicted molar refractivity (Wildman–Crippen MR) is 104 cm³/mol. The molecule has 0 aromatic carbocycles. The van der Waals surface area contributed by atoms with E-state index in [-0.39, 0.29) is 0 Å². The number of rotatable bonds is 11. The molecule has 2 fully saturated rings.